The number of nitrogens with zero attached hydrogens (tertiary/aromatic N) is 1. The summed E-state index contributed by atoms with van der Waals surface area (Å²) in [4.78, 5) is 3.86. The summed E-state index contributed by atoms with van der Waals surface area (Å²) in [5.41, 5.74) is 1.70. The Balaban J connectivity index is 2.71. The van der Waals surface area contributed by atoms with Crippen molar-refractivity contribution in [3.05, 3.63) is 22.5 Å². The van der Waals surface area contributed by atoms with Gasteiger partial charge in [-0.3, -0.25) is 0 Å². The number of halogens is 2. The number of pyridine rings is 1. The Morgan fingerprint density at radius 2 is 1.93 bits per heavy atom. The van der Waals surface area contributed by atoms with E-state index in [0.717, 1.165) is 30.4 Å². The first-order valence-electron chi connectivity index (χ1n) is 4.61. The molecule has 0 saturated carbocycles. The van der Waals surface area contributed by atoms with Crippen LogP contribution in [0.3, 0.4) is 0 Å². The highest BCUT2D eigenvalue weighted by atomic mass is 35.7. The number of hydrogen-bond acceptors (Lipinski definition) is 3. The molecule has 0 aliphatic heterocycles. The van der Waals surface area contributed by atoms with Crippen molar-refractivity contribution in [1.29, 1.82) is 0 Å². The van der Waals surface area contributed by atoms with Crippen LogP contribution in [0.1, 0.15) is 24.0 Å². The normalized spacial score (nSPS) is 16.1. The van der Waals surface area contributed by atoms with Gasteiger partial charge in [0.2, 0.25) is 0 Å². The van der Waals surface area contributed by atoms with Gasteiger partial charge in [0.05, 0.1) is 0 Å². The van der Waals surface area contributed by atoms with Crippen LogP contribution in [0.25, 0.3) is 0 Å². The van der Waals surface area contributed by atoms with Crippen LogP contribution >= 0.6 is 22.3 Å². The van der Waals surface area contributed by atoms with Crippen molar-refractivity contribution in [2.75, 3.05) is 0 Å². The van der Waals surface area contributed by atoms with Gasteiger partial charge < -0.3 is 0 Å². The van der Waals surface area contributed by atoms with Crippen LogP contribution in [0.5, 0.6) is 0 Å². The van der Waals surface area contributed by atoms with Crippen LogP contribution < -0.4 is 0 Å². The fraction of sp³-hybridized carbons (Fsp3) is 0.444. The fourth-order valence-electron chi connectivity index (χ4n) is 1.90. The minimum atomic E-state index is -3.80. The molecule has 1 aromatic rings. The summed E-state index contributed by atoms with van der Waals surface area (Å²) in [5, 5.41) is -0.0225. The van der Waals surface area contributed by atoms with Crippen LogP contribution in [0.2, 0.25) is 5.15 Å². The van der Waals surface area contributed by atoms with Crippen molar-refractivity contribution in [1.82, 2.24) is 4.98 Å². The fourth-order valence-corrected chi connectivity index (χ4v) is 3.76. The Morgan fingerprint density at radius 3 is 2.60 bits per heavy atom. The van der Waals surface area contributed by atoms with Crippen LogP contribution in [-0.2, 0) is 21.9 Å². The molecule has 0 bridgehead atoms. The molecule has 82 valence electrons. The average molecular weight is 266 g/mol. The predicted octanol–water partition coefficient (Wildman–Crippen LogP) is 2.54. The molecule has 1 aromatic heterocycles. The lowest BCUT2D eigenvalue weighted by atomic mass is 9.94. The molecule has 1 heterocycles. The third-order valence-electron chi connectivity index (χ3n) is 2.55. The van der Waals surface area contributed by atoms with E-state index in [-0.39, 0.29) is 10.0 Å². The molecular weight excluding hydrogens is 257 g/mol. The number of aryl methyl sites for hydroxylation is 1. The highest BCUT2D eigenvalue weighted by Crippen LogP contribution is 2.33. The summed E-state index contributed by atoms with van der Waals surface area (Å²) in [6.45, 7) is 0. The quantitative estimate of drug-likeness (QED) is 0.579. The maximum atomic E-state index is 11.4. The molecule has 2 rings (SSSR count). The lowest BCUT2D eigenvalue weighted by molar-refractivity contribution is 0.603. The third-order valence-corrected chi connectivity index (χ3v) is 4.34. The largest absolute Gasteiger partial charge is 0.264 e. The van der Waals surface area contributed by atoms with Gasteiger partial charge in [0.1, 0.15) is 10.0 Å². The number of hydrogen-bond donors (Lipinski definition) is 0. The minimum Gasteiger partial charge on any atom is -0.243 e. The maximum absolute atomic E-state index is 11.4. The van der Waals surface area contributed by atoms with E-state index in [1.165, 1.54) is 0 Å². The first-order valence-corrected chi connectivity index (χ1v) is 7.30. The Morgan fingerprint density at radius 1 is 1.27 bits per heavy atom. The lowest BCUT2D eigenvalue weighted by Crippen LogP contribution is -2.09. The van der Waals surface area contributed by atoms with Gasteiger partial charge in [-0.15, -0.1) is 0 Å². The summed E-state index contributed by atoms with van der Waals surface area (Å²) in [5.74, 6) is 0. The van der Waals surface area contributed by atoms with Crippen LogP contribution in [0.15, 0.2) is 11.1 Å². The molecule has 0 saturated heterocycles. The monoisotopic (exact) mass is 265 g/mol. The number of rotatable bonds is 1. The van der Waals surface area contributed by atoms with E-state index in [1.54, 1.807) is 6.20 Å². The van der Waals surface area contributed by atoms with Crippen LogP contribution in [0.4, 0.5) is 0 Å². The third kappa shape index (κ3) is 2.12. The van der Waals surface area contributed by atoms with Crippen molar-refractivity contribution in [2.24, 2.45) is 0 Å². The van der Waals surface area contributed by atoms with Crippen molar-refractivity contribution < 1.29 is 8.42 Å². The summed E-state index contributed by atoms with van der Waals surface area (Å²) in [7, 11) is 1.55. The van der Waals surface area contributed by atoms with Gasteiger partial charge >= 0.3 is 0 Å². The molecular formula is C9H9Cl2NO2S. The number of fused-ring (bicyclic) bond motifs is 1. The second-order valence-corrected chi connectivity index (χ2v) is 6.39. The summed E-state index contributed by atoms with van der Waals surface area (Å²) in [6, 6.07) is 0. The minimum absolute atomic E-state index is 0.00281. The van der Waals surface area contributed by atoms with E-state index >= 15 is 0 Å². The van der Waals surface area contributed by atoms with Gasteiger partial charge in [-0.05, 0) is 36.8 Å². The van der Waals surface area contributed by atoms with Crippen molar-refractivity contribution in [2.45, 2.75) is 30.6 Å². The van der Waals surface area contributed by atoms with Gasteiger partial charge in [-0.1, -0.05) is 11.6 Å². The second-order valence-electron chi connectivity index (χ2n) is 3.53. The molecule has 1 aliphatic rings. The lowest BCUT2D eigenvalue weighted by Gasteiger charge is -2.17. The van der Waals surface area contributed by atoms with Crippen molar-refractivity contribution >= 4 is 31.3 Å². The highest BCUT2D eigenvalue weighted by molar-refractivity contribution is 8.13. The molecule has 0 spiro atoms. The van der Waals surface area contributed by atoms with Gasteiger partial charge in [-0.25, -0.2) is 13.4 Å². The first kappa shape index (κ1) is 11.2. The summed E-state index contributed by atoms with van der Waals surface area (Å²) >= 11 is 5.77. The molecule has 0 atom stereocenters. The summed E-state index contributed by atoms with van der Waals surface area (Å²) < 4.78 is 22.7. The molecule has 0 aromatic carbocycles. The van der Waals surface area contributed by atoms with Gasteiger partial charge in [0.25, 0.3) is 9.05 Å². The van der Waals surface area contributed by atoms with Gasteiger partial charge in [0, 0.05) is 16.9 Å². The maximum Gasteiger partial charge on any atom is 0.264 e. The molecule has 0 amide bonds. The van der Waals surface area contributed by atoms with E-state index in [1.807, 2.05) is 0 Å². The topological polar surface area (TPSA) is 47.0 Å². The zero-order chi connectivity index (χ0) is 11.1. The predicted molar refractivity (Wildman–Crippen MR) is 58.9 cm³/mol. The highest BCUT2D eigenvalue weighted by Gasteiger charge is 2.24. The van der Waals surface area contributed by atoms with Gasteiger partial charge in [-0.2, -0.15) is 0 Å². The molecule has 0 N–H and O–H groups in total. The molecule has 0 fully saturated rings. The van der Waals surface area contributed by atoms with E-state index in [2.05, 4.69) is 4.98 Å². The average Bonchev–Trinajstić information content (AvgIpc) is 2.15. The van der Waals surface area contributed by atoms with Crippen molar-refractivity contribution in [3.8, 4) is 0 Å². The molecule has 0 radical (unpaired) electrons. The van der Waals surface area contributed by atoms with Crippen LogP contribution in [0, 0.1) is 0 Å². The number of aromatic nitrogens is 1. The van der Waals surface area contributed by atoms with E-state index in [9.17, 15) is 8.42 Å². The Bertz CT molecular complexity index is 499. The molecule has 15 heavy (non-hydrogen) atoms. The van der Waals surface area contributed by atoms with E-state index in [0.29, 0.717) is 6.42 Å². The Labute approximate surface area is 97.8 Å². The zero-order valence-electron chi connectivity index (χ0n) is 7.83. The molecule has 0 unspecified atom stereocenters. The van der Waals surface area contributed by atoms with Gasteiger partial charge in [0.15, 0.2) is 0 Å². The van der Waals surface area contributed by atoms with E-state index < -0.39 is 9.05 Å². The van der Waals surface area contributed by atoms with Crippen molar-refractivity contribution in [3.63, 3.8) is 0 Å². The Kier molecular flexibility index (Phi) is 2.92. The van der Waals surface area contributed by atoms with Crippen LogP contribution in [-0.4, -0.2) is 13.4 Å². The summed E-state index contributed by atoms with van der Waals surface area (Å²) in [6.07, 6.45) is 5.21. The first-order chi connectivity index (χ1) is 7.00. The molecule has 1 aliphatic carbocycles. The Hall–Kier alpha value is -0.320. The smallest absolute Gasteiger partial charge is 0.243 e. The molecule has 6 heteroatoms. The van der Waals surface area contributed by atoms with E-state index in [4.69, 9.17) is 22.3 Å². The second kappa shape index (κ2) is 3.92. The zero-order valence-corrected chi connectivity index (χ0v) is 10.2. The standard InChI is InChI=1S/C9H9Cl2NO2S/c10-9-8(15(11,13)14)7-4-2-1-3-6(7)5-12-9/h5H,1-4H2. The molecule has 3 nitrogen and oxygen atoms in total. The SMILES string of the molecule is O=S(=O)(Cl)c1c(Cl)ncc2c1CCCC2.